The first kappa shape index (κ1) is 13.4. The summed E-state index contributed by atoms with van der Waals surface area (Å²) >= 11 is 0. The van der Waals surface area contributed by atoms with Crippen LogP contribution < -0.4 is 10.6 Å². The molecule has 5 nitrogen and oxygen atoms in total. The van der Waals surface area contributed by atoms with Crippen LogP contribution in [0.4, 0.5) is 4.79 Å². The molecule has 102 valence electrons. The van der Waals surface area contributed by atoms with Crippen molar-refractivity contribution in [3.8, 4) is 0 Å². The summed E-state index contributed by atoms with van der Waals surface area (Å²) in [6.45, 7) is 2.18. The van der Waals surface area contributed by atoms with Crippen molar-refractivity contribution < 1.29 is 4.79 Å². The lowest BCUT2D eigenvalue weighted by Gasteiger charge is -2.12. The van der Waals surface area contributed by atoms with Crippen LogP contribution >= 0.6 is 0 Å². The van der Waals surface area contributed by atoms with E-state index in [0.29, 0.717) is 6.54 Å². The first-order valence-corrected chi connectivity index (χ1v) is 6.39. The van der Waals surface area contributed by atoms with E-state index in [-0.39, 0.29) is 6.03 Å². The van der Waals surface area contributed by atoms with Gasteiger partial charge >= 0.3 is 6.03 Å². The zero-order chi connectivity index (χ0) is 13.7. The first-order valence-electron chi connectivity index (χ1n) is 6.39. The number of fused-ring (bicyclic) bond motifs is 1. The Morgan fingerprint density at radius 2 is 2.11 bits per heavy atom. The molecule has 2 amide bonds. The lowest BCUT2D eigenvalue weighted by molar-refractivity contribution is 0.217. The summed E-state index contributed by atoms with van der Waals surface area (Å²) < 4.78 is 0. The summed E-state index contributed by atoms with van der Waals surface area (Å²) in [7, 11) is 3.46. The van der Waals surface area contributed by atoms with Gasteiger partial charge in [-0.05, 0) is 23.1 Å². The number of aromatic amines is 1. The van der Waals surface area contributed by atoms with Gasteiger partial charge in [0, 0.05) is 45.4 Å². The third-order valence-electron chi connectivity index (χ3n) is 2.93. The minimum absolute atomic E-state index is 0.0606. The van der Waals surface area contributed by atoms with Gasteiger partial charge in [-0.25, -0.2) is 4.79 Å². The van der Waals surface area contributed by atoms with E-state index in [0.717, 1.165) is 18.6 Å². The molecule has 0 bridgehead atoms. The summed E-state index contributed by atoms with van der Waals surface area (Å²) in [6, 6.07) is 8.36. The predicted molar refractivity (Wildman–Crippen MR) is 77.1 cm³/mol. The standard InChI is InChI=1S/C14H20N4O/c1-18(2)14(19)17-8-7-15-10-11-3-4-12-5-6-16-13(12)9-11/h3-6,9,15-16H,7-8,10H2,1-2H3,(H,17,19). The monoisotopic (exact) mass is 260 g/mol. The molecule has 5 heteroatoms. The third kappa shape index (κ3) is 3.72. The van der Waals surface area contributed by atoms with Crippen molar-refractivity contribution in [2.24, 2.45) is 0 Å². The molecule has 2 rings (SSSR count). The normalized spacial score (nSPS) is 10.6. The highest BCUT2D eigenvalue weighted by molar-refractivity contribution is 5.79. The fourth-order valence-electron chi connectivity index (χ4n) is 1.85. The number of carbonyl (C=O) groups is 1. The molecule has 0 spiro atoms. The minimum Gasteiger partial charge on any atom is -0.361 e. The Bertz CT molecular complexity index is 547. The van der Waals surface area contributed by atoms with Crippen molar-refractivity contribution in [1.29, 1.82) is 0 Å². The number of rotatable bonds is 5. The molecular weight excluding hydrogens is 240 g/mol. The molecule has 0 unspecified atom stereocenters. The SMILES string of the molecule is CN(C)C(=O)NCCNCc1ccc2cc[nH]c2c1. The summed E-state index contributed by atoms with van der Waals surface area (Å²) in [5.41, 5.74) is 2.38. The highest BCUT2D eigenvalue weighted by Crippen LogP contribution is 2.13. The van der Waals surface area contributed by atoms with Gasteiger partial charge in [0.1, 0.15) is 0 Å². The van der Waals surface area contributed by atoms with E-state index < -0.39 is 0 Å². The molecule has 0 fully saturated rings. The predicted octanol–water partition coefficient (Wildman–Crippen LogP) is 1.53. The summed E-state index contributed by atoms with van der Waals surface area (Å²) in [4.78, 5) is 16.0. The average Bonchev–Trinajstić information content (AvgIpc) is 2.85. The number of aromatic nitrogens is 1. The lowest BCUT2D eigenvalue weighted by Crippen LogP contribution is -2.38. The van der Waals surface area contributed by atoms with Crippen molar-refractivity contribution in [2.45, 2.75) is 6.54 Å². The smallest absolute Gasteiger partial charge is 0.316 e. The van der Waals surface area contributed by atoms with E-state index >= 15 is 0 Å². The van der Waals surface area contributed by atoms with E-state index in [1.54, 1.807) is 14.1 Å². The van der Waals surface area contributed by atoms with Gasteiger partial charge in [0.2, 0.25) is 0 Å². The summed E-state index contributed by atoms with van der Waals surface area (Å²) in [5, 5.41) is 7.34. The van der Waals surface area contributed by atoms with E-state index in [1.807, 2.05) is 6.20 Å². The highest BCUT2D eigenvalue weighted by atomic mass is 16.2. The van der Waals surface area contributed by atoms with Crippen molar-refractivity contribution in [3.05, 3.63) is 36.0 Å². The maximum absolute atomic E-state index is 11.3. The Labute approximate surface area is 113 Å². The van der Waals surface area contributed by atoms with Crippen LogP contribution in [-0.4, -0.2) is 43.1 Å². The van der Waals surface area contributed by atoms with Gasteiger partial charge in [-0.2, -0.15) is 0 Å². The van der Waals surface area contributed by atoms with Gasteiger partial charge in [0.15, 0.2) is 0 Å². The first-order chi connectivity index (χ1) is 9.16. The molecule has 1 aromatic heterocycles. The molecule has 0 atom stereocenters. The third-order valence-corrected chi connectivity index (χ3v) is 2.93. The molecule has 0 saturated carbocycles. The zero-order valence-corrected chi connectivity index (χ0v) is 11.4. The van der Waals surface area contributed by atoms with Crippen molar-refractivity contribution in [3.63, 3.8) is 0 Å². The van der Waals surface area contributed by atoms with Gasteiger partial charge < -0.3 is 20.5 Å². The van der Waals surface area contributed by atoms with Gasteiger partial charge in [-0.3, -0.25) is 0 Å². The van der Waals surface area contributed by atoms with Crippen LogP contribution in [0.25, 0.3) is 10.9 Å². The average molecular weight is 260 g/mol. The Balaban J connectivity index is 1.72. The second-order valence-electron chi connectivity index (χ2n) is 4.70. The summed E-state index contributed by atoms with van der Waals surface area (Å²) in [6.07, 6.45) is 1.94. The Morgan fingerprint density at radius 3 is 2.89 bits per heavy atom. The van der Waals surface area contributed by atoms with Crippen LogP contribution in [0.5, 0.6) is 0 Å². The van der Waals surface area contributed by atoms with Crippen LogP contribution in [-0.2, 0) is 6.54 Å². The molecule has 0 radical (unpaired) electrons. The van der Waals surface area contributed by atoms with E-state index in [2.05, 4.69) is 39.9 Å². The molecule has 2 aromatic rings. The number of carbonyl (C=O) groups excluding carboxylic acids is 1. The minimum atomic E-state index is -0.0606. The van der Waals surface area contributed by atoms with Crippen molar-refractivity contribution in [2.75, 3.05) is 27.2 Å². The number of benzene rings is 1. The number of hydrogen-bond acceptors (Lipinski definition) is 2. The van der Waals surface area contributed by atoms with Crippen molar-refractivity contribution in [1.82, 2.24) is 20.5 Å². The lowest BCUT2D eigenvalue weighted by atomic mass is 10.1. The second-order valence-corrected chi connectivity index (χ2v) is 4.70. The largest absolute Gasteiger partial charge is 0.361 e. The number of amides is 2. The number of nitrogens with zero attached hydrogens (tertiary/aromatic N) is 1. The maximum Gasteiger partial charge on any atom is 0.316 e. The molecule has 1 heterocycles. The fraction of sp³-hybridized carbons (Fsp3) is 0.357. The Kier molecular flexibility index (Phi) is 4.41. The quantitative estimate of drug-likeness (QED) is 0.714. The van der Waals surface area contributed by atoms with Gasteiger partial charge in [0.25, 0.3) is 0 Å². The van der Waals surface area contributed by atoms with Crippen molar-refractivity contribution >= 4 is 16.9 Å². The van der Waals surface area contributed by atoms with Crippen LogP contribution in [0, 0.1) is 0 Å². The van der Waals surface area contributed by atoms with Crippen LogP contribution in [0.3, 0.4) is 0 Å². The van der Waals surface area contributed by atoms with E-state index in [9.17, 15) is 4.79 Å². The Hall–Kier alpha value is -2.01. The Morgan fingerprint density at radius 1 is 1.26 bits per heavy atom. The molecule has 0 saturated heterocycles. The molecule has 0 aliphatic heterocycles. The second kappa shape index (κ2) is 6.24. The maximum atomic E-state index is 11.3. The number of urea groups is 1. The van der Waals surface area contributed by atoms with Gasteiger partial charge in [0.05, 0.1) is 0 Å². The van der Waals surface area contributed by atoms with E-state index in [1.165, 1.54) is 15.8 Å². The molecule has 19 heavy (non-hydrogen) atoms. The molecule has 1 aromatic carbocycles. The summed E-state index contributed by atoms with van der Waals surface area (Å²) in [5.74, 6) is 0. The van der Waals surface area contributed by atoms with E-state index in [4.69, 9.17) is 0 Å². The topological polar surface area (TPSA) is 60.2 Å². The highest BCUT2D eigenvalue weighted by Gasteiger charge is 2.01. The fourth-order valence-corrected chi connectivity index (χ4v) is 1.85. The number of nitrogens with one attached hydrogen (secondary N) is 3. The number of hydrogen-bond donors (Lipinski definition) is 3. The van der Waals surface area contributed by atoms with Crippen LogP contribution in [0.15, 0.2) is 30.5 Å². The zero-order valence-electron chi connectivity index (χ0n) is 11.4. The van der Waals surface area contributed by atoms with Gasteiger partial charge in [-0.1, -0.05) is 12.1 Å². The number of H-pyrrole nitrogens is 1. The molecule has 0 aliphatic carbocycles. The molecular formula is C14H20N4O. The molecule has 3 N–H and O–H groups in total. The van der Waals surface area contributed by atoms with Gasteiger partial charge in [-0.15, -0.1) is 0 Å². The molecule has 0 aliphatic rings. The van der Waals surface area contributed by atoms with Crippen LogP contribution in [0.2, 0.25) is 0 Å². The van der Waals surface area contributed by atoms with Crippen LogP contribution in [0.1, 0.15) is 5.56 Å².